The molecule has 0 aliphatic carbocycles. The van der Waals surface area contributed by atoms with Crippen LogP contribution in [0.25, 0.3) is 0 Å². The van der Waals surface area contributed by atoms with Crippen LogP contribution in [0.1, 0.15) is 16.7 Å². The molecule has 3 heteroatoms. The van der Waals surface area contributed by atoms with Crippen molar-refractivity contribution in [3.8, 4) is 5.75 Å². The summed E-state index contributed by atoms with van der Waals surface area (Å²) >= 11 is -1.07. The van der Waals surface area contributed by atoms with Gasteiger partial charge in [-0.2, -0.15) is 0 Å². The van der Waals surface area contributed by atoms with Crippen molar-refractivity contribution in [2.45, 2.75) is 23.1 Å². The monoisotopic (exact) mass is 258 g/mol. The van der Waals surface area contributed by atoms with Gasteiger partial charge in [-0.15, -0.1) is 0 Å². The van der Waals surface area contributed by atoms with Crippen molar-refractivity contribution >= 4 is 11.2 Å². The average molecular weight is 258 g/mol. The number of hydrogen-bond donors (Lipinski definition) is 0. The van der Waals surface area contributed by atoms with Crippen LogP contribution in [0.5, 0.6) is 5.75 Å². The summed E-state index contributed by atoms with van der Waals surface area (Å²) < 4.78 is 17.9. The van der Waals surface area contributed by atoms with Gasteiger partial charge in [0.2, 0.25) is 0 Å². The molecule has 0 bridgehead atoms. The highest BCUT2D eigenvalue weighted by molar-refractivity contribution is 7.91. The molecule has 1 aliphatic rings. The molecular formula is C15H14O2S. The van der Waals surface area contributed by atoms with E-state index in [1.807, 2.05) is 43.3 Å². The lowest BCUT2D eigenvalue weighted by molar-refractivity contribution is 0.413. The van der Waals surface area contributed by atoms with E-state index in [1.54, 1.807) is 7.11 Å². The van der Waals surface area contributed by atoms with Gasteiger partial charge < -0.3 is 9.29 Å². The quantitative estimate of drug-likeness (QED) is 0.736. The Hall–Kier alpha value is -1.45. The van der Waals surface area contributed by atoms with E-state index in [2.05, 4.69) is 0 Å². The fourth-order valence-corrected chi connectivity index (χ4v) is 3.99. The van der Waals surface area contributed by atoms with E-state index in [-0.39, 0.29) is 0 Å². The van der Waals surface area contributed by atoms with E-state index in [0.717, 1.165) is 38.7 Å². The minimum Gasteiger partial charge on any atom is -0.606 e. The van der Waals surface area contributed by atoms with Crippen LogP contribution in [-0.2, 0) is 17.6 Å². The molecule has 2 aromatic rings. The van der Waals surface area contributed by atoms with Crippen LogP contribution in [0.2, 0.25) is 0 Å². The van der Waals surface area contributed by atoms with Crippen molar-refractivity contribution in [1.29, 1.82) is 0 Å². The van der Waals surface area contributed by atoms with Gasteiger partial charge in [0.25, 0.3) is 0 Å². The number of benzene rings is 2. The number of hydrogen-bond acceptors (Lipinski definition) is 2. The first-order valence-electron chi connectivity index (χ1n) is 5.88. The van der Waals surface area contributed by atoms with Crippen LogP contribution >= 0.6 is 0 Å². The molecule has 0 radical (unpaired) electrons. The second kappa shape index (κ2) is 4.34. The van der Waals surface area contributed by atoms with Gasteiger partial charge in [-0.3, -0.25) is 0 Å². The van der Waals surface area contributed by atoms with Crippen LogP contribution in [0.3, 0.4) is 0 Å². The molecule has 92 valence electrons. The van der Waals surface area contributed by atoms with Crippen molar-refractivity contribution in [1.82, 2.24) is 0 Å². The highest BCUT2D eigenvalue weighted by atomic mass is 32.2. The molecule has 3 rings (SSSR count). The van der Waals surface area contributed by atoms with E-state index in [4.69, 9.17) is 4.74 Å². The molecule has 0 fully saturated rings. The zero-order chi connectivity index (χ0) is 12.7. The van der Waals surface area contributed by atoms with Crippen LogP contribution in [-0.4, -0.2) is 11.7 Å². The third-order valence-electron chi connectivity index (χ3n) is 3.30. The summed E-state index contributed by atoms with van der Waals surface area (Å²) in [6.07, 6.45) is 0.829. The number of methoxy groups -OCH3 is 1. The van der Waals surface area contributed by atoms with E-state index in [0.29, 0.717) is 0 Å². The first-order chi connectivity index (χ1) is 8.70. The predicted octanol–water partition coefficient (Wildman–Crippen LogP) is 3.07. The average Bonchev–Trinajstić information content (AvgIpc) is 2.38. The normalized spacial score (nSPS) is 16.9. The SMILES string of the molecule is COc1cc(C)c2c(c1)Cc1ccccc1[S+]2[O-]. The van der Waals surface area contributed by atoms with Gasteiger partial charge >= 0.3 is 0 Å². The fraction of sp³-hybridized carbons (Fsp3) is 0.200. The number of rotatable bonds is 1. The van der Waals surface area contributed by atoms with E-state index < -0.39 is 11.2 Å². The minimum absolute atomic E-state index is 0.829. The van der Waals surface area contributed by atoms with Crippen molar-refractivity contribution < 1.29 is 9.29 Å². The maximum atomic E-state index is 12.6. The van der Waals surface area contributed by atoms with Gasteiger partial charge in [0.05, 0.1) is 7.11 Å². The molecule has 1 aliphatic heterocycles. The molecule has 2 nitrogen and oxygen atoms in total. The summed E-state index contributed by atoms with van der Waals surface area (Å²) in [4.78, 5) is 1.90. The van der Waals surface area contributed by atoms with Gasteiger partial charge in [0.1, 0.15) is 5.75 Å². The summed E-state index contributed by atoms with van der Waals surface area (Å²) in [6.45, 7) is 1.99. The molecule has 0 amide bonds. The molecule has 0 saturated carbocycles. The highest BCUT2D eigenvalue weighted by Gasteiger charge is 2.30. The summed E-state index contributed by atoms with van der Waals surface area (Å²) in [7, 11) is 1.66. The third kappa shape index (κ3) is 1.71. The Morgan fingerprint density at radius 1 is 1.17 bits per heavy atom. The fourth-order valence-electron chi connectivity index (χ4n) is 2.47. The molecule has 0 saturated heterocycles. The highest BCUT2D eigenvalue weighted by Crippen LogP contribution is 2.37. The smallest absolute Gasteiger partial charge is 0.165 e. The summed E-state index contributed by atoms with van der Waals surface area (Å²) in [6, 6.07) is 11.9. The Morgan fingerprint density at radius 2 is 1.94 bits per heavy atom. The molecule has 18 heavy (non-hydrogen) atoms. The largest absolute Gasteiger partial charge is 0.606 e. The molecule has 1 unspecified atom stereocenters. The lowest BCUT2D eigenvalue weighted by Crippen LogP contribution is -2.16. The minimum atomic E-state index is -1.07. The van der Waals surface area contributed by atoms with Crippen LogP contribution in [0, 0.1) is 6.92 Å². The number of fused-ring (bicyclic) bond motifs is 2. The molecular weight excluding hydrogens is 244 g/mol. The molecule has 0 spiro atoms. The molecule has 2 aromatic carbocycles. The Bertz CT molecular complexity index is 607. The molecule has 1 heterocycles. The number of ether oxygens (including phenoxy) is 1. The zero-order valence-corrected chi connectivity index (χ0v) is 11.2. The Kier molecular flexibility index (Phi) is 2.80. The summed E-state index contributed by atoms with van der Waals surface area (Å²) in [5.74, 6) is 0.836. The maximum Gasteiger partial charge on any atom is 0.165 e. The van der Waals surface area contributed by atoms with Gasteiger partial charge in [-0.25, -0.2) is 0 Å². The second-order valence-electron chi connectivity index (χ2n) is 4.49. The number of aryl methyl sites for hydroxylation is 1. The first kappa shape index (κ1) is 11.6. The topological polar surface area (TPSA) is 32.3 Å². The van der Waals surface area contributed by atoms with Crippen LogP contribution in [0.15, 0.2) is 46.2 Å². The van der Waals surface area contributed by atoms with Crippen molar-refractivity contribution in [2.75, 3.05) is 7.11 Å². The van der Waals surface area contributed by atoms with Gasteiger partial charge in [0.15, 0.2) is 9.79 Å². The maximum absolute atomic E-state index is 12.6. The van der Waals surface area contributed by atoms with Crippen molar-refractivity contribution in [2.24, 2.45) is 0 Å². The lowest BCUT2D eigenvalue weighted by atomic mass is 10.0. The van der Waals surface area contributed by atoms with Gasteiger partial charge in [-0.1, -0.05) is 18.2 Å². The van der Waals surface area contributed by atoms with E-state index in [9.17, 15) is 4.55 Å². The van der Waals surface area contributed by atoms with Crippen LogP contribution in [0.4, 0.5) is 0 Å². The molecule has 0 N–H and O–H groups in total. The predicted molar refractivity (Wildman–Crippen MR) is 71.7 cm³/mol. The summed E-state index contributed by atoms with van der Waals surface area (Å²) in [5, 5.41) is 0. The van der Waals surface area contributed by atoms with E-state index in [1.165, 1.54) is 0 Å². The zero-order valence-electron chi connectivity index (χ0n) is 10.4. The summed E-state index contributed by atoms with van der Waals surface area (Å²) in [5.41, 5.74) is 3.30. The Labute approximate surface area is 110 Å². The van der Waals surface area contributed by atoms with Crippen LogP contribution < -0.4 is 4.74 Å². The lowest BCUT2D eigenvalue weighted by Gasteiger charge is -2.23. The van der Waals surface area contributed by atoms with Crippen molar-refractivity contribution in [3.05, 3.63) is 53.1 Å². The molecule has 0 aromatic heterocycles. The van der Waals surface area contributed by atoms with E-state index >= 15 is 0 Å². The Morgan fingerprint density at radius 3 is 2.72 bits per heavy atom. The molecule has 1 atom stereocenters. The van der Waals surface area contributed by atoms with Gasteiger partial charge in [-0.05, 0) is 25.1 Å². The second-order valence-corrected chi connectivity index (χ2v) is 5.87. The first-order valence-corrected chi connectivity index (χ1v) is 7.03. The van der Waals surface area contributed by atoms with Gasteiger partial charge in [0, 0.05) is 34.3 Å². The third-order valence-corrected chi connectivity index (χ3v) is 5.05. The van der Waals surface area contributed by atoms with Crippen molar-refractivity contribution in [3.63, 3.8) is 0 Å². The standard InChI is InChI=1S/C15H14O2S/c1-10-7-13(17-2)9-12-8-11-5-3-4-6-14(11)18(16)15(10)12/h3-7,9H,8H2,1-2H3. The Balaban J connectivity index is 2.19.